The second-order valence-electron chi connectivity index (χ2n) is 2.42. The van der Waals surface area contributed by atoms with Crippen molar-refractivity contribution in [3.05, 3.63) is 17.5 Å². The number of hydrogen-bond donors (Lipinski definition) is 2. The molecule has 1 rings (SSSR count). The molecule has 1 aromatic heterocycles. The molecule has 2 N–H and O–H groups in total. The van der Waals surface area contributed by atoms with Crippen LogP contribution in [-0.2, 0) is 4.79 Å². The summed E-state index contributed by atoms with van der Waals surface area (Å²) in [6, 6.07) is 0.844. The van der Waals surface area contributed by atoms with Gasteiger partial charge in [-0.3, -0.25) is 4.79 Å². The first-order chi connectivity index (χ1) is 6.09. The van der Waals surface area contributed by atoms with E-state index in [9.17, 15) is 4.79 Å². The third-order valence-corrected chi connectivity index (χ3v) is 1.54. The number of aromatic nitrogens is 2. The Morgan fingerprint density at radius 2 is 2.46 bits per heavy atom. The number of hydrogen-bond acceptors (Lipinski definition) is 4. The van der Waals surface area contributed by atoms with Gasteiger partial charge in [0.25, 0.3) is 0 Å². The van der Waals surface area contributed by atoms with Crippen molar-refractivity contribution in [3.8, 4) is 0 Å². The minimum atomic E-state index is -0.949. The topological polar surface area (TPSA) is 75.1 Å². The zero-order valence-corrected chi connectivity index (χ0v) is 7.62. The van der Waals surface area contributed by atoms with Crippen LogP contribution in [0.4, 0.5) is 5.82 Å². The lowest BCUT2D eigenvalue weighted by atomic mass is 10.3. The van der Waals surface area contributed by atoms with E-state index in [-0.39, 0.29) is 5.28 Å². The number of carboxylic acids is 1. The highest BCUT2D eigenvalue weighted by atomic mass is 35.5. The standard InChI is InChI=1S/C7H8ClN3O2/c1-4(6(12)13)10-5-2-3-9-7(8)11-5/h2-4H,1H3,(H,12,13)(H,9,10,11)/t4-/m0/s1. The van der Waals surface area contributed by atoms with Crippen molar-refractivity contribution in [2.24, 2.45) is 0 Å². The van der Waals surface area contributed by atoms with Crippen LogP contribution in [-0.4, -0.2) is 27.1 Å². The molecule has 13 heavy (non-hydrogen) atoms. The molecule has 70 valence electrons. The predicted octanol–water partition coefficient (Wildman–Crippen LogP) is 1.01. The quantitative estimate of drug-likeness (QED) is 0.714. The molecule has 0 spiro atoms. The Kier molecular flexibility index (Phi) is 3.02. The number of anilines is 1. The first kappa shape index (κ1) is 9.73. The second-order valence-corrected chi connectivity index (χ2v) is 2.75. The fraction of sp³-hybridized carbons (Fsp3) is 0.286. The van der Waals surface area contributed by atoms with E-state index in [2.05, 4.69) is 15.3 Å². The zero-order chi connectivity index (χ0) is 9.84. The van der Waals surface area contributed by atoms with Crippen LogP contribution >= 0.6 is 11.6 Å². The van der Waals surface area contributed by atoms with Gasteiger partial charge in [0.1, 0.15) is 11.9 Å². The number of halogens is 1. The lowest BCUT2D eigenvalue weighted by molar-refractivity contribution is -0.137. The van der Waals surface area contributed by atoms with Crippen molar-refractivity contribution < 1.29 is 9.90 Å². The molecular weight excluding hydrogens is 194 g/mol. The smallest absolute Gasteiger partial charge is 0.325 e. The molecule has 0 aromatic carbocycles. The molecule has 0 aliphatic heterocycles. The van der Waals surface area contributed by atoms with E-state index in [0.29, 0.717) is 5.82 Å². The van der Waals surface area contributed by atoms with Crippen LogP contribution < -0.4 is 5.32 Å². The Labute approximate surface area is 79.8 Å². The monoisotopic (exact) mass is 201 g/mol. The van der Waals surface area contributed by atoms with E-state index in [1.54, 1.807) is 6.07 Å². The van der Waals surface area contributed by atoms with Crippen LogP contribution in [0.2, 0.25) is 5.28 Å². The molecule has 1 aromatic rings. The second kappa shape index (κ2) is 4.04. The number of aliphatic carboxylic acids is 1. The van der Waals surface area contributed by atoms with E-state index in [4.69, 9.17) is 16.7 Å². The summed E-state index contributed by atoms with van der Waals surface area (Å²) in [5.74, 6) is -0.551. The summed E-state index contributed by atoms with van der Waals surface area (Å²) < 4.78 is 0. The van der Waals surface area contributed by atoms with E-state index in [1.807, 2.05) is 0 Å². The summed E-state index contributed by atoms with van der Waals surface area (Å²) in [6.07, 6.45) is 1.45. The van der Waals surface area contributed by atoms with Gasteiger partial charge in [0.05, 0.1) is 0 Å². The molecule has 6 heteroatoms. The lowest BCUT2D eigenvalue weighted by Crippen LogP contribution is -2.25. The van der Waals surface area contributed by atoms with E-state index in [0.717, 1.165) is 0 Å². The summed E-state index contributed by atoms with van der Waals surface area (Å²) in [5, 5.41) is 11.3. The largest absolute Gasteiger partial charge is 0.480 e. The maximum Gasteiger partial charge on any atom is 0.325 e. The molecule has 5 nitrogen and oxygen atoms in total. The van der Waals surface area contributed by atoms with Crippen molar-refractivity contribution in [1.82, 2.24) is 9.97 Å². The molecular formula is C7H8ClN3O2. The molecule has 0 bridgehead atoms. The summed E-state index contributed by atoms with van der Waals surface area (Å²) in [7, 11) is 0. The van der Waals surface area contributed by atoms with E-state index in [1.165, 1.54) is 13.1 Å². The summed E-state index contributed by atoms with van der Waals surface area (Å²) in [4.78, 5) is 17.9. The number of carboxylic acid groups (broad SMARTS) is 1. The normalized spacial score (nSPS) is 12.2. The van der Waals surface area contributed by atoms with Crippen LogP contribution in [0.5, 0.6) is 0 Å². The average molecular weight is 202 g/mol. The van der Waals surface area contributed by atoms with Crippen molar-refractivity contribution >= 4 is 23.4 Å². The Morgan fingerprint density at radius 1 is 1.77 bits per heavy atom. The van der Waals surface area contributed by atoms with Crippen molar-refractivity contribution in [2.75, 3.05) is 5.32 Å². The van der Waals surface area contributed by atoms with Gasteiger partial charge in [-0.15, -0.1) is 0 Å². The SMILES string of the molecule is C[C@H](Nc1ccnc(Cl)n1)C(=O)O. The average Bonchev–Trinajstić information content (AvgIpc) is 2.04. The fourth-order valence-corrected chi connectivity index (χ4v) is 0.846. The predicted molar refractivity (Wildman–Crippen MR) is 47.8 cm³/mol. The molecule has 0 aliphatic rings. The first-order valence-electron chi connectivity index (χ1n) is 3.57. The van der Waals surface area contributed by atoms with Gasteiger partial charge in [-0.25, -0.2) is 9.97 Å². The van der Waals surface area contributed by atoms with Crippen LogP contribution in [0.15, 0.2) is 12.3 Å². The zero-order valence-electron chi connectivity index (χ0n) is 6.86. The van der Waals surface area contributed by atoms with Gasteiger partial charge >= 0.3 is 5.97 Å². The maximum absolute atomic E-state index is 10.4. The highest BCUT2D eigenvalue weighted by Crippen LogP contribution is 2.06. The van der Waals surface area contributed by atoms with E-state index < -0.39 is 12.0 Å². The molecule has 0 amide bonds. The third kappa shape index (κ3) is 2.87. The number of nitrogens with zero attached hydrogens (tertiary/aromatic N) is 2. The lowest BCUT2D eigenvalue weighted by Gasteiger charge is -2.08. The fourth-order valence-electron chi connectivity index (χ4n) is 0.699. The maximum atomic E-state index is 10.4. The molecule has 1 atom stereocenters. The Hall–Kier alpha value is -1.36. The van der Waals surface area contributed by atoms with Crippen molar-refractivity contribution in [2.45, 2.75) is 13.0 Å². The molecule has 1 heterocycles. The Morgan fingerprint density at radius 3 is 3.00 bits per heavy atom. The van der Waals surface area contributed by atoms with Gasteiger partial charge < -0.3 is 10.4 Å². The minimum absolute atomic E-state index is 0.0857. The van der Waals surface area contributed by atoms with Crippen LogP contribution in [0.25, 0.3) is 0 Å². The highest BCUT2D eigenvalue weighted by molar-refractivity contribution is 6.28. The summed E-state index contributed by atoms with van der Waals surface area (Å²) in [5.41, 5.74) is 0. The summed E-state index contributed by atoms with van der Waals surface area (Å²) in [6.45, 7) is 1.51. The summed E-state index contributed by atoms with van der Waals surface area (Å²) >= 11 is 5.50. The van der Waals surface area contributed by atoms with Crippen LogP contribution in [0.1, 0.15) is 6.92 Å². The van der Waals surface area contributed by atoms with Crippen molar-refractivity contribution in [1.29, 1.82) is 0 Å². The first-order valence-corrected chi connectivity index (χ1v) is 3.95. The van der Waals surface area contributed by atoms with Gasteiger partial charge in [-0.1, -0.05) is 0 Å². The minimum Gasteiger partial charge on any atom is -0.480 e. The van der Waals surface area contributed by atoms with Gasteiger partial charge in [0.15, 0.2) is 0 Å². The van der Waals surface area contributed by atoms with Gasteiger partial charge in [-0.05, 0) is 24.6 Å². The van der Waals surface area contributed by atoms with E-state index >= 15 is 0 Å². The highest BCUT2D eigenvalue weighted by Gasteiger charge is 2.10. The number of carbonyl (C=O) groups is 1. The van der Waals surface area contributed by atoms with Crippen LogP contribution in [0.3, 0.4) is 0 Å². The third-order valence-electron chi connectivity index (χ3n) is 1.36. The molecule has 0 radical (unpaired) electrons. The van der Waals surface area contributed by atoms with Crippen molar-refractivity contribution in [3.63, 3.8) is 0 Å². The molecule has 0 fully saturated rings. The van der Waals surface area contributed by atoms with Gasteiger partial charge in [0, 0.05) is 6.20 Å². The molecule has 0 unspecified atom stereocenters. The Balaban J connectivity index is 2.69. The van der Waals surface area contributed by atoms with Crippen LogP contribution in [0, 0.1) is 0 Å². The Bertz CT molecular complexity index is 318. The van der Waals surface area contributed by atoms with Gasteiger partial charge in [-0.2, -0.15) is 0 Å². The molecule has 0 saturated carbocycles. The number of nitrogens with one attached hydrogen (secondary N) is 1. The van der Waals surface area contributed by atoms with Gasteiger partial charge in [0.2, 0.25) is 5.28 Å². The molecule has 0 aliphatic carbocycles. The molecule has 0 saturated heterocycles. The number of rotatable bonds is 3.